The molecule has 0 saturated heterocycles. The number of hydrogen-bond donors (Lipinski definition) is 1. The summed E-state index contributed by atoms with van der Waals surface area (Å²) in [4.78, 5) is 2.29. The Bertz CT molecular complexity index is 402. The van der Waals surface area contributed by atoms with Crippen LogP contribution in [0.2, 0.25) is 0 Å². The van der Waals surface area contributed by atoms with Crippen LogP contribution in [0.25, 0.3) is 0 Å². The smallest absolute Gasteiger partial charge is 0.0508 e. The Morgan fingerprint density at radius 3 is 2.53 bits per heavy atom. The second-order valence-electron chi connectivity index (χ2n) is 5.80. The average Bonchev–Trinajstić information content (AvgIpc) is 2.32. The van der Waals surface area contributed by atoms with Crippen LogP contribution in [-0.2, 0) is 6.54 Å². The minimum Gasteiger partial charge on any atom is -0.373 e. The molecule has 0 spiro atoms. The molecule has 0 atom stereocenters. The Kier molecular flexibility index (Phi) is 6.71. The summed E-state index contributed by atoms with van der Waals surface area (Å²) in [6.45, 7) is 8.53. The van der Waals surface area contributed by atoms with Gasteiger partial charge in [-0.25, -0.2) is 0 Å². The minimum absolute atomic E-state index is 0.153. The quantitative estimate of drug-likeness (QED) is 0.834. The summed E-state index contributed by atoms with van der Waals surface area (Å²) in [6, 6.07) is 6.61. The van der Waals surface area contributed by atoms with Crippen LogP contribution in [0.5, 0.6) is 0 Å². The summed E-state index contributed by atoms with van der Waals surface area (Å²) < 4.78 is 1.17. The maximum absolute atomic E-state index is 3.68. The Morgan fingerprint density at radius 1 is 1.32 bits per heavy atom. The van der Waals surface area contributed by atoms with Crippen molar-refractivity contribution in [3.63, 3.8) is 0 Å². The average molecular weight is 345 g/mol. The Hall–Kier alpha value is -0.190. The molecule has 0 aliphatic rings. The molecule has 0 radical (unpaired) electrons. The molecule has 0 aliphatic heterocycles. The number of benzene rings is 1. The van der Waals surface area contributed by atoms with E-state index >= 15 is 0 Å². The van der Waals surface area contributed by atoms with E-state index in [1.165, 1.54) is 15.7 Å². The molecular weight excluding hydrogens is 320 g/mol. The first-order valence-electron chi connectivity index (χ1n) is 6.57. The van der Waals surface area contributed by atoms with Crippen LogP contribution in [0, 0.1) is 0 Å². The molecule has 0 unspecified atom stereocenters. The number of halogens is 1. The van der Waals surface area contributed by atoms with Crippen molar-refractivity contribution in [3.8, 4) is 0 Å². The molecule has 108 valence electrons. The number of thioether (sulfide) groups is 1. The van der Waals surface area contributed by atoms with Gasteiger partial charge >= 0.3 is 0 Å². The first kappa shape index (κ1) is 16.9. The lowest BCUT2D eigenvalue weighted by Crippen LogP contribution is -2.35. The Labute approximate surface area is 130 Å². The van der Waals surface area contributed by atoms with Crippen LogP contribution in [0.3, 0.4) is 0 Å². The van der Waals surface area contributed by atoms with Gasteiger partial charge in [0.1, 0.15) is 0 Å². The first-order valence-corrected chi connectivity index (χ1v) is 8.75. The van der Waals surface area contributed by atoms with Crippen LogP contribution in [-0.4, -0.2) is 31.1 Å². The monoisotopic (exact) mass is 344 g/mol. The molecule has 0 aromatic heterocycles. The van der Waals surface area contributed by atoms with Gasteiger partial charge in [-0.05, 0) is 60.7 Å². The molecule has 1 rings (SSSR count). The zero-order valence-electron chi connectivity index (χ0n) is 12.6. The number of hydrogen-bond acceptors (Lipinski definition) is 3. The van der Waals surface area contributed by atoms with E-state index in [2.05, 4.69) is 78.4 Å². The van der Waals surface area contributed by atoms with Crippen LogP contribution in [0.1, 0.15) is 26.3 Å². The van der Waals surface area contributed by atoms with Crippen LogP contribution < -0.4 is 10.2 Å². The van der Waals surface area contributed by atoms with Crippen LogP contribution in [0.4, 0.5) is 5.69 Å². The summed E-state index contributed by atoms with van der Waals surface area (Å²) in [5.74, 6) is 1.15. The topological polar surface area (TPSA) is 15.3 Å². The summed E-state index contributed by atoms with van der Waals surface area (Å²) in [5.41, 5.74) is 2.72. The normalized spacial score (nSPS) is 11.7. The van der Waals surface area contributed by atoms with Gasteiger partial charge < -0.3 is 10.2 Å². The second-order valence-corrected chi connectivity index (χ2v) is 7.64. The van der Waals surface area contributed by atoms with E-state index in [9.17, 15) is 0 Å². The zero-order chi connectivity index (χ0) is 14.5. The van der Waals surface area contributed by atoms with Crippen LogP contribution >= 0.6 is 27.7 Å². The molecule has 0 amide bonds. The molecular formula is C15H25BrN2S. The van der Waals surface area contributed by atoms with Crippen molar-refractivity contribution < 1.29 is 0 Å². The lowest BCUT2D eigenvalue weighted by Gasteiger charge is -2.23. The van der Waals surface area contributed by atoms with Gasteiger partial charge in [-0.15, -0.1) is 0 Å². The maximum Gasteiger partial charge on any atom is 0.0508 e. The van der Waals surface area contributed by atoms with Crippen molar-refractivity contribution in [2.75, 3.05) is 30.5 Å². The molecule has 0 saturated carbocycles. The predicted molar refractivity (Wildman–Crippen MR) is 92.4 cm³/mol. The van der Waals surface area contributed by atoms with Crippen molar-refractivity contribution in [3.05, 3.63) is 28.2 Å². The lowest BCUT2D eigenvalue weighted by atomic mass is 10.1. The molecule has 1 N–H and O–H groups in total. The standard InChI is InChI=1S/C15H25BrN2S/c1-15(2,3)17-11-12-6-7-14(13(16)10-12)18(4)8-9-19-5/h6-7,10,17H,8-9,11H2,1-5H3. The Morgan fingerprint density at radius 2 is 2.00 bits per heavy atom. The molecule has 0 heterocycles. The van der Waals surface area contributed by atoms with E-state index in [-0.39, 0.29) is 5.54 Å². The van der Waals surface area contributed by atoms with E-state index in [0.717, 1.165) is 18.8 Å². The number of nitrogens with zero attached hydrogens (tertiary/aromatic N) is 1. The summed E-state index contributed by atoms with van der Waals surface area (Å²) in [7, 11) is 2.14. The first-order chi connectivity index (χ1) is 8.83. The van der Waals surface area contributed by atoms with E-state index in [1.807, 2.05) is 11.8 Å². The molecule has 19 heavy (non-hydrogen) atoms. The summed E-state index contributed by atoms with van der Waals surface area (Å²) >= 11 is 5.56. The molecule has 1 aromatic carbocycles. The third-order valence-corrected chi connectivity index (χ3v) is 4.10. The largest absolute Gasteiger partial charge is 0.373 e. The highest BCUT2D eigenvalue weighted by atomic mass is 79.9. The van der Waals surface area contributed by atoms with Gasteiger partial charge in [-0.1, -0.05) is 6.07 Å². The zero-order valence-corrected chi connectivity index (χ0v) is 15.0. The second kappa shape index (κ2) is 7.55. The van der Waals surface area contributed by atoms with E-state index in [0.29, 0.717) is 0 Å². The van der Waals surface area contributed by atoms with Crippen molar-refractivity contribution in [2.24, 2.45) is 0 Å². The Balaban J connectivity index is 2.69. The number of rotatable bonds is 6. The van der Waals surface area contributed by atoms with Gasteiger partial charge in [-0.2, -0.15) is 11.8 Å². The molecule has 0 fully saturated rings. The molecule has 0 bridgehead atoms. The van der Waals surface area contributed by atoms with E-state index < -0.39 is 0 Å². The molecule has 1 aromatic rings. The van der Waals surface area contributed by atoms with Gasteiger partial charge in [0.05, 0.1) is 5.69 Å². The molecule has 4 heteroatoms. The highest BCUT2D eigenvalue weighted by molar-refractivity contribution is 9.10. The van der Waals surface area contributed by atoms with Crippen molar-refractivity contribution in [1.29, 1.82) is 0 Å². The third kappa shape index (κ3) is 6.19. The van der Waals surface area contributed by atoms with E-state index in [1.54, 1.807) is 0 Å². The molecule has 0 aliphatic carbocycles. The highest BCUT2D eigenvalue weighted by Crippen LogP contribution is 2.26. The SMILES string of the molecule is CSCCN(C)c1ccc(CNC(C)(C)C)cc1Br. The van der Waals surface area contributed by atoms with Gasteiger partial charge in [0.15, 0.2) is 0 Å². The van der Waals surface area contributed by atoms with Gasteiger partial charge in [0.25, 0.3) is 0 Å². The summed E-state index contributed by atoms with van der Waals surface area (Å²) in [6.07, 6.45) is 2.14. The minimum atomic E-state index is 0.153. The number of anilines is 1. The van der Waals surface area contributed by atoms with E-state index in [4.69, 9.17) is 0 Å². The fourth-order valence-electron chi connectivity index (χ4n) is 1.69. The van der Waals surface area contributed by atoms with Gasteiger partial charge in [0.2, 0.25) is 0 Å². The van der Waals surface area contributed by atoms with Crippen molar-refractivity contribution in [2.45, 2.75) is 32.9 Å². The predicted octanol–water partition coefficient (Wildman–Crippen LogP) is 4.14. The highest BCUT2D eigenvalue weighted by Gasteiger charge is 2.10. The molecule has 2 nitrogen and oxygen atoms in total. The fourth-order valence-corrected chi connectivity index (χ4v) is 2.87. The summed E-state index contributed by atoms with van der Waals surface area (Å²) in [5, 5.41) is 3.51. The van der Waals surface area contributed by atoms with Crippen LogP contribution in [0.15, 0.2) is 22.7 Å². The number of nitrogens with one attached hydrogen (secondary N) is 1. The van der Waals surface area contributed by atoms with Gasteiger partial charge in [-0.3, -0.25) is 0 Å². The van der Waals surface area contributed by atoms with Gasteiger partial charge in [0, 0.05) is 35.9 Å². The van der Waals surface area contributed by atoms with Crippen molar-refractivity contribution in [1.82, 2.24) is 5.32 Å². The third-order valence-electron chi connectivity index (χ3n) is 2.88. The van der Waals surface area contributed by atoms with Crippen molar-refractivity contribution >= 4 is 33.4 Å². The fraction of sp³-hybridized carbons (Fsp3) is 0.600. The lowest BCUT2D eigenvalue weighted by molar-refractivity contribution is 0.424. The maximum atomic E-state index is 3.68.